The minimum absolute atomic E-state index is 0.0742. The van der Waals surface area contributed by atoms with Crippen LogP contribution in [-0.2, 0) is 9.53 Å². The molecule has 4 unspecified atom stereocenters. The standard InChI is InChI=1S/C13H14O3/c14-11-9-6-7-10(11)13(15)16-12(9)8-4-2-1-3-5-8/h1-5,9-12,14H,6-7H2. The van der Waals surface area contributed by atoms with Crippen molar-refractivity contribution < 1.29 is 14.6 Å². The third-order valence-electron chi connectivity index (χ3n) is 3.72. The molecular weight excluding hydrogens is 204 g/mol. The number of aliphatic hydroxyl groups excluding tert-OH is 1. The first-order valence-corrected chi connectivity index (χ1v) is 5.71. The number of aliphatic hydroxyl groups is 1. The van der Waals surface area contributed by atoms with Crippen molar-refractivity contribution in [3.05, 3.63) is 35.9 Å². The molecule has 2 fully saturated rings. The first-order valence-electron chi connectivity index (χ1n) is 5.71. The average molecular weight is 218 g/mol. The number of benzene rings is 1. The van der Waals surface area contributed by atoms with Crippen LogP contribution in [0.25, 0.3) is 0 Å². The molecular formula is C13H14O3. The summed E-state index contributed by atoms with van der Waals surface area (Å²) >= 11 is 0. The van der Waals surface area contributed by atoms with Crippen molar-refractivity contribution in [2.45, 2.75) is 25.0 Å². The predicted octanol–water partition coefficient (Wildman–Crippen LogP) is 1.67. The van der Waals surface area contributed by atoms with E-state index in [1.54, 1.807) is 0 Å². The highest BCUT2D eigenvalue weighted by Gasteiger charge is 2.50. The predicted molar refractivity (Wildman–Crippen MR) is 57.5 cm³/mol. The highest BCUT2D eigenvalue weighted by atomic mass is 16.5. The molecule has 1 heterocycles. The molecule has 3 rings (SSSR count). The van der Waals surface area contributed by atoms with Crippen molar-refractivity contribution in [3.8, 4) is 0 Å². The maximum absolute atomic E-state index is 11.7. The monoisotopic (exact) mass is 218 g/mol. The third-order valence-corrected chi connectivity index (χ3v) is 3.72. The Hall–Kier alpha value is -1.35. The lowest BCUT2D eigenvalue weighted by atomic mass is 9.88. The Morgan fingerprint density at radius 3 is 2.69 bits per heavy atom. The van der Waals surface area contributed by atoms with E-state index in [1.807, 2.05) is 30.3 Å². The van der Waals surface area contributed by atoms with Gasteiger partial charge in [-0.3, -0.25) is 4.79 Å². The smallest absolute Gasteiger partial charge is 0.312 e. The lowest BCUT2D eigenvalue weighted by Crippen LogP contribution is -2.39. The van der Waals surface area contributed by atoms with Crippen molar-refractivity contribution in [2.24, 2.45) is 11.8 Å². The topological polar surface area (TPSA) is 46.5 Å². The first kappa shape index (κ1) is 9.85. The highest BCUT2D eigenvalue weighted by molar-refractivity contribution is 5.75. The van der Waals surface area contributed by atoms with Gasteiger partial charge in [0.1, 0.15) is 6.10 Å². The second-order valence-corrected chi connectivity index (χ2v) is 4.61. The number of hydrogen-bond acceptors (Lipinski definition) is 3. The first-order chi connectivity index (χ1) is 7.77. The molecule has 1 aromatic carbocycles. The van der Waals surface area contributed by atoms with Gasteiger partial charge in [-0.2, -0.15) is 0 Å². The lowest BCUT2D eigenvalue weighted by molar-refractivity contribution is -0.172. The van der Waals surface area contributed by atoms with E-state index in [2.05, 4.69) is 0 Å². The fourth-order valence-corrected chi connectivity index (χ4v) is 2.86. The second-order valence-electron chi connectivity index (χ2n) is 4.61. The molecule has 0 amide bonds. The van der Waals surface area contributed by atoms with E-state index in [4.69, 9.17) is 4.74 Å². The molecule has 3 heteroatoms. The number of carbonyl (C=O) groups excluding carboxylic acids is 1. The van der Waals surface area contributed by atoms with Crippen LogP contribution in [0.2, 0.25) is 0 Å². The molecule has 1 saturated carbocycles. The van der Waals surface area contributed by atoms with Crippen LogP contribution in [-0.4, -0.2) is 17.2 Å². The van der Waals surface area contributed by atoms with Crippen LogP contribution < -0.4 is 0 Å². The lowest BCUT2D eigenvalue weighted by Gasteiger charge is -2.32. The number of ether oxygens (including phenoxy) is 1. The summed E-state index contributed by atoms with van der Waals surface area (Å²) < 4.78 is 5.43. The zero-order chi connectivity index (χ0) is 11.1. The van der Waals surface area contributed by atoms with Crippen LogP contribution in [0, 0.1) is 11.8 Å². The quantitative estimate of drug-likeness (QED) is 0.729. The Labute approximate surface area is 94.0 Å². The van der Waals surface area contributed by atoms with Gasteiger partial charge in [-0.1, -0.05) is 30.3 Å². The zero-order valence-corrected chi connectivity index (χ0v) is 8.87. The van der Waals surface area contributed by atoms with Crippen LogP contribution in [0.1, 0.15) is 24.5 Å². The van der Waals surface area contributed by atoms with Gasteiger partial charge in [-0.25, -0.2) is 0 Å². The van der Waals surface area contributed by atoms with Gasteiger partial charge in [0.25, 0.3) is 0 Å². The van der Waals surface area contributed by atoms with Gasteiger partial charge >= 0.3 is 5.97 Å². The van der Waals surface area contributed by atoms with Gasteiger partial charge in [-0.15, -0.1) is 0 Å². The molecule has 2 aliphatic rings. The van der Waals surface area contributed by atoms with Gasteiger partial charge in [-0.05, 0) is 18.4 Å². The normalized spacial score (nSPS) is 37.2. The molecule has 1 saturated heterocycles. The summed E-state index contributed by atoms with van der Waals surface area (Å²) in [6.45, 7) is 0. The van der Waals surface area contributed by atoms with Crippen LogP contribution in [0.5, 0.6) is 0 Å². The molecule has 1 aliphatic carbocycles. The Bertz CT molecular complexity index is 401. The van der Waals surface area contributed by atoms with E-state index in [1.165, 1.54) is 0 Å². The molecule has 16 heavy (non-hydrogen) atoms. The fourth-order valence-electron chi connectivity index (χ4n) is 2.86. The van der Waals surface area contributed by atoms with Crippen LogP contribution >= 0.6 is 0 Å². The van der Waals surface area contributed by atoms with E-state index in [9.17, 15) is 9.90 Å². The van der Waals surface area contributed by atoms with Gasteiger partial charge < -0.3 is 9.84 Å². The van der Waals surface area contributed by atoms with E-state index < -0.39 is 6.10 Å². The molecule has 2 bridgehead atoms. The summed E-state index contributed by atoms with van der Waals surface area (Å²) in [6.07, 6.45) is 0.847. The SMILES string of the molecule is O=C1OC(c2ccccc2)C2CCC1C2O. The van der Waals surface area contributed by atoms with Crippen molar-refractivity contribution in [1.29, 1.82) is 0 Å². The molecule has 3 nitrogen and oxygen atoms in total. The van der Waals surface area contributed by atoms with E-state index in [0.717, 1.165) is 18.4 Å². The van der Waals surface area contributed by atoms with Crippen LogP contribution in [0.4, 0.5) is 0 Å². The fraction of sp³-hybridized carbons (Fsp3) is 0.462. The number of rotatable bonds is 1. The number of cyclic esters (lactones) is 1. The maximum Gasteiger partial charge on any atom is 0.312 e. The summed E-state index contributed by atoms with van der Waals surface area (Å²) in [6, 6.07) is 9.68. The van der Waals surface area contributed by atoms with E-state index in [0.29, 0.717) is 0 Å². The maximum atomic E-state index is 11.7. The summed E-state index contributed by atoms with van der Waals surface area (Å²) in [7, 11) is 0. The van der Waals surface area contributed by atoms with Gasteiger partial charge in [0.15, 0.2) is 0 Å². The summed E-state index contributed by atoms with van der Waals surface area (Å²) in [4.78, 5) is 11.7. The Balaban J connectivity index is 1.94. The largest absolute Gasteiger partial charge is 0.457 e. The van der Waals surface area contributed by atoms with E-state index >= 15 is 0 Å². The van der Waals surface area contributed by atoms with Gasteiger partial charge in [0.2, 0.25) is 0 Å². The number of carbonyl (C=O) groups is 1. The Morgan fingerprint density at radius 1 is 1.19 bits per heavy atom. The molecule has 0 radical (unpaired) electrons. The second kappa shape index (κ2) is 3.59. The number of fused-ring (bicyclic) bond motifs is 2. The molecule has 84 valence electrons. The molecule has 0 spiro atoms. The number of esters is 1. The minimum Gasteiger partial charge on any atom is -0.457 e. The third kappa shape index (κ3) is 1.35. The van der Waals surface area contributed by atoms with Crippen LogP contribution in [0.15, 0.2) is 30.3 Å². The summed E-state index contributed by atoms with van der Waals surface area (Å²) in [5.41, 5.74) is 0.986. The Morgan fingerprint density at radius 2 is 1.94 bits per heavy atom. The molecule has 0 aromatic heterocycles. The minimum atomic E-state index is -0.522. The van der Waals surface area contributed by atoms with E-state index in [-0.39, 0.29) is 23.9 Å². The van der Waals surface area contributed by atoms with Crippen molar-refractivity contribution in [2.75, 3.05) is 0 Å². The van der Waals surface area contributed by atoms with Crippen molar-refractivity contribution in [3.63, 3.8) is 0 Å². The highest BCUT2D eigenvalue weighted by Crippen LogP contribution is 2.46. The van der Waals surface area contributed by atoms with Crippen molar-refractivity contribution >= 4 is 5.97 Å². The Kier molecular flexibility index (Phi) is 2.21. The average Bonchev–Trinajstić information content (AvgIpc) is 2.58. The van der Waals surface area contributed by atoms with Crippen LogP contribution in [0.3, 0.4) is 0 Å². The molecule has 1 aliphatic heterocycles. The number of hydrogen-bond donors (Lipinski definition) is 1. The molecule has 1 aromatic rings. The zero-order valence-electron chi connectivity index (χ0n) is 8.87. The molecule has 4 atom stereocenters. The summed E-state index contributed by atoms with van der Waals surface area (Å²) in [5, 5.41) is 10.0. The van der Waals surface area contributed by atoms with Gasteiger partial charge in [0, 0.05) is 5.92 Å². The van der Waals surface area contributed by atoms with Crippen molar-refractivity contribution in [1.82, 2.24) is 0 Å². The summed E-state index contributed by atoms with van der Waals surface area (Å²) in [5.74, 6) is -0.454. The molecule has 1 N–H and O–H groups in total. The van der Waals surface area contributed by atoms with Gasteiger partial charge in [0.05, 0.1) is 12.0 Å².